The van der Waals surface area contributed by atoms with Crippen molar-refractivity contribution in [3.05, 3.63) is 212 Å². The van der Waals surface area contributed by atoms with Crippen molar-refractivity contribution < 1.29 is 0 Å². The van der Waals surface area contributed by atoms with E-state index in [1.807, 2.05) is 103 Å². The van der Waals surface area contributed by atoms with E-state index in [1.165, 1.54) is 0 Å². The van der Waals surface area contributed by atoms with Gasteiger partial charge in [-0.25, -0.2) is 19.9 Å². The topological polar surface area (TPSA) is 82.3 Å². The van der Waals surface area contributed by atoms with Crippen molar-refractivity contribution in [1.29, 1.82) is 0 Å². The highest BCUT2D eigenvalue weighted by molar-refractivity contribution is 7.99. The summed E-state index contributed by atoms with van der Waals surface area (Å²) in [6.07, 6.45) is 0. The van der Waals surface area contributed by atoms with Gasteiger partial charge in [0.25, 0.3) is 0 Å². The quantitative estimate of drug-likeness (QED) is 0.143. The van der Waals surface area contributed by atoms with Crippen LogP contribution in [0.3, 0.4) is 0 Å². The zero-order chi connectivity index (χ0) is 41.2. The summed E-state index contributed by atoms with van der Waals surface area (Å²) in [5, 5.41) is 2.27. The third-order valence-electron chi connectivity index (χ3n) is 10.8. The molecule has 0 bridgehead atoms. The lowest BCUT2D eigenvalue weighted by molar-refractivity contribution is 0.951. The molecule has 0 spiro atoms. The van der Waals surface area contributed by atoms with Crippen molar-refractivity contribution in [2.45, 2.75) is 9.79 Å². The Hall–Kier alpha value is -8.07. The van der Waals surface area contributed by atoms with E-state index < -0.39 is 0 Å². The minimum atomic E-state index is 0.552. The fourth-order valence-electron chi connectivity index (χ4n) is 7.77. The number of fused-ring (bicyclic) bond motifs is 3. The predicted octanol–water partition coefficient (Wildman–Crippen LogP) is 13.3. The highest BCUT2D eigenvalue weighted by Crippen LogP contribution is 2.38. The third-order valence-corrected chi connectivity index (χ3v) is 11.9. The van der Waals surface area contributed by atoms with Gasteiger partial charge in [-0.2, -0.15) is 9.97 Å². The van der Waals surface area contributed by atoms with Crippen LogP contribution < -0.4 is 0 Å². The highest BCUT2D eigenvalue weighted by Gasteiger charge is 2.20. The monoisotopic (exact) mass is 813 g/mol. The SMILES string of the molecule is c1ccc(-c2ccc3c4ccccc4n(-c4nc(-c5ccccc5)nc(-c5ccccc5Sc5ccc(-c6nc(-c7ccccc7)nc(-c7ccccc7)n6)cc5)n4)c3c2)cc1. The Morgan fingerprint density at radius 3 is 1.35 bits per heavy atom. The third kappa shape index (κ3) is 7.18. The van der Waals surface area contributed by atoms with Crippen LogP contribution >= 0.6 is 11.8 Å². The number of hydrogen-bond acceptors (Lipinski definition) is 7. The van der Waals surface area contributed by atoms with Gasteiger partial charge in [0, 0.05) is 48.4 Å². The van der Waals surface area contributed by atoms with Crippen molar-refractivity contribution in [3.63, 3.8) is 0 Å². The standard InChI is InChI=1S/C54H35N7S/c1-5-17-36(18-6-1)41-31-34-44-43-25-13-15-27-46(43)61(47(44)35-41)54-59-52(39-23-11-4-12-24-39)58-53(60-54)45-26-14-16-28-48(45)62-42-32-29-40(30-33-42)51-56-49(37-19-7-2-8-20-37)55-50(57-51)38-21-9-3-10-22-38/h1-35H. The molecule has 62 heavy (non-hydrogen) atoms. The molecule has 8 heteroatoms. The van der Waals surface area contributed by atoms with Crippen LogP contribution in [0.25, 0.3) is 95.8 Å². The first-order valence-corrected chi connectivity index (χ1v) is 21.2. The van der Waals surface area contributed by atoms with Gasteiger partial charge in [-0.05, 0) is 41.5 Å². The average Bonchev–Trinajstić information content (AvgIpc) is 3.69. The first-order chi connectivity index (χ1) is 30.7. The molecule has 7 nitrogen and oxygen atoms in total. The van der Waals surface area contributed by atoms with E-state index in [0.717, 1.165) is 70.5 Å². The van der Waals surface area contributed by atoms with Gasteiger partial charge in [0.1, 0.15) is 0 Å². The molecule has 0 atom stereocenters. The molecule has 0 fully saturated rings. The molecule has 0 aliphatic carbocycles. The first kappa shape index (κ1) is 37.0. The number of para-hydroxylation sites is 1. The van der Waals surface area contributed by atoms with Gasteiger partial charge < -0.3 is 0 Å². The number of benzene rings is 8. The Bertz CT molecular complexity index is 3300. The van der Waals surface area contributed by atoms with Gasteiger partial charge in [0.15, 0.2) is 29.1 Å². The van der Waals surface area contributed by atoms with Crippen LogP contribution in [0.15, 0.2) is 222 Å². The van der Waals surface area contributed by atoms with Crippen LogP contribution in [0.4, 0.5) is 0 Å². The van der Waals surface area contributed by atoms with Crippen LogP contribution in [-0.2, 0) is 0 Å². The van der Waals surface area contributed by atoms with Crippen LogP contribution in [0, 0.1) is 0 Å². The molecular formula is C54H35N7S. The van der Waals surface area contributed by atoms with E-state index in [2.05, 4.69) is 114 Å². The van der Waals surface area contributed by atoms with E-state index in [0.29, 0.717) is 35.1 Å². The number of rotatable bonds is 9. The summed E-state index contributed by atoms with van der Waals surface area (Å²) in [5.41, 5.74) is 8.90. The van der Waals surface area contributed by atoms with Crippen LogP contribution in [0.1, 0.15) is 0 Å². The maximum atomic E-state index is 5.30. The Kier molecular flexibility index (Phi) is 9.65. The molecule has 11 aromatic rings. The smallest absolute Gasteiger partial charge is 0.238 e. The molecule has 0 N–H and O–H groups in total. The van der Waals surface area contributed by atoms with Crippen LogP contribution in [-0.4, -0.2) is 34.5 Å². The van der Waals surface area contributed by atoms with E-state index >= 15 is 0 Å². The Balaban J connectivity index is 0.999. The second-order valence-electron chi connectivity index (χ2n) is 14.8. The fourth-order valence-corrected chi connectivity index (χ4v) is 8.72. The number of hydrogen-bond donors (Lipinski definition) is 0. The Labute approximate surface area is 362 Å². The zero-order valence-corrected chi connectivity index (χ0v) is 34.1. The first-order valence-electron chi connectivity index (χ1n) is 20.4. The summed E-state index contributed by atoms with van der Waals surface area (Å²) >= 11 is 1.66. The normalized spacial score (nSPS) is 11.3. The molecule has 0 saturated heterocycles. The summed E-state index contributed by atoms with van der Waals surface area (Å²) in [6.45, 7) is 0. The van der Waals surface area contributed by atoms with Gasteiger partial charge in [-0.1, -0.05) is 194 Å². The average molecular weight is 814 g/mol. The molecule has 3 aromatic heterocycles. The molecule has 11 rings (SSSR count). The number of nitrogens with zero attached hydrogens (tertiary/aromatic N) is 7. The molecular weight excluding hydrogens is 779 g/mol. The van der Waals surface area contributed by atoms with E-state index in [-0.39, 0.29) is 0 Å². The van der Waals surface area contributed by atoms with Crippen molar-refractivity contribution in [2.75, 3.05) is 0 Å². The second kappa shape index (κ2) is 16.2. The lowest BCUT2D eigenvalue weighted by Gasteiger charge is -2.13. The minimum Gasteiger partial charge on any atom is -0.278 e. The molecule has 0 amide bonds. The fraction of sp³-hybridized carbons (Fsp3) is 0. The van der Waals surface area contributed by atoms with Crippen molar-refractivity contribution in [2.24, 2.45) is 0 Å². The lowest BCUT2D eigenvalue weighted by atomic mass is 10.0. The molecule has 0 radical (unpaired) electrons. The highest BCUT2D eigenvalue weighted by atomic mass is 32.2. The van der Waals surface area contributed by atoms with E-state index in [4.69, 9.17) is 29.9 Å². The molecule has 0 aliphatic rings. The van der Waals surface area contributed by atoms with Crippen LogP contribution in [0.5, 0.6) is 0 Å². The van der Waals surface area contributed by atoms with Gasteiger partial charge >= 0.3 is 0 Å². The van der Waals surface area contributed by atoms with Gasteiger partial charge in [-0.3, -0.25) is 4.57 Å². The molecule has 0 saturated carbocycles. The second-order valence-corrected chi connectivity index (χ2v) is 15.9. The molecule has 0 unspecified atom stereocenters. The molecule has 292 valence electrons. The predicted molar refractivity (Wildman–Crippen MR) is 251 cm³/mol. The summed E-state index contributed by atoms with van der Waals surface area (Å²) in [5.74, 6) is 3.61. The van der Waals surface area contributed by atoms with Gasteiger partial charge in [0.2, 0.25) is 5.95 Å². The molecule has 3 heterocycles. The summed E-state index contributed by atoms with van der Waals surface area (Å²) in [4.78, 5) is 32.5. The minimum absolute atomic E-state index is 0.552. The van der Waals surface area contributed by atoms with Crippen molar-refractivity contribution in [1.82, 2.24) is 34.5 Å². The molecule has 8 aromatic carbocycles. The zero-order valence-electron chi connectivity index (χ0n) is 33.2. The van der Waals surface area contributed by atoms with Gasteiger partial charge in [-0.15, -0.1) is 0 Å². The van der Waals surface area contributed by atoms with Crippen LogP contribution in [0.2, 0.25) is 0 Å². The number of aromatic nitrogens is 7. The summed E-state index contributed by atoms with van der Waals surface area (Å²) in [6, 6.07) is 72.4. The van der Waals surface area contributed by atoms with Crippen molar-refractivity contribution >= 4 is 33.6 Å². The maximum Gasteiger partial charge on any atom is 0.238 e. The summed E-state index contributed by atoms with van der Waals surface area (Å²) in [7, 11) is 0. The van der Waals surface area contributed by atoms with Crippen molar-refractivity contribution in [3.8, 4) is 74.0 Å². The largest absolute Gasteiger partial charge is 0.278 e. The van der Waals surface area contributed by atoms with Gasteiger partial charge in [0.05, 0.1) is 11.0 Å². The maximum absolute atomic E-state index is 5.30. The Morgan fingerprint density at radius 2 is 0.742 bits per heavy atom. The Morgan fingerprint density at radius 1 is 0.306 bits per heavy atom. The molecule has 0 aliphatic heterocycles. The van der Waals surface area contributed by atoms with E-state index in [1.54, 1.807) is 11.8 Å². The summed E-state index contributed by atoms with van der Waals surface area (Å²) < 4.78 is 2.18. The lowest BCUT2D eigenvalue weighted by Crippen LogP contribution is -2.06. The van der Waals surface area contributed by atoms with E-state index in [9.17, 15) is 0 Å².